The Bertz CT molecular complexity index is 625. The zero-order chi connectivity index (χ0) is 13.9. The topological polar surface area (TPSA) is 50.7 Å². The van der Waals surface area contributed by atoms with Gasteiger partial charge in [0.05, 0.1) is 0 Å². The van der Waals surface area contributed by atoms with Gasteiger partial charge in [-0.1, -0.05) is 12.1 Å². The van der Waals surface area contributed by atoms with Crippen LogP contribution in [-0.4, -0.2) is 18.3 Å². The summed E-state index contributed by atoms with van der Waals surface area (Å²) in [5, 5.41) is 12.8. The average Bonchev–Trinajstić information content (AvgIpc) is 2.46. The fourth-order valence-corrected chi connectivity index (χ4v) is 2.31. The van der Waals surface area contributed by atoms with E-state index in [-0.39, 0.29) is 5.75 Å². The van der Waals surface area contributed by atoms with Crippen molar-refractivity contribution in [1.82, 2.24) is 0 Å². The number of nitrogens with one attached hydrogen (secondary N) is 1. The normalized spacial score (nSPS) is 13.1. The molecule has 1 aliphatic rings. The van der Waals surface area contributed by atoms with Gasteiger partial charge in [-0.15, -0.1) is 0 Å². The monoisotopic (exact) mass is 271 g/mol. The number of ether oxygens (including phenoxy) is 2. The highest BCUT2D eigenvalue weighted by Gasteiger charge is 2.15. The van der Waals surface area contributed by atoms with Gasteiger partial charge >= 0.3 is 0 Å². The highest BCUT2D eigenvalue weighted by Crippen LogP contribution is 2.34. The van der Waals surface area contributed by atoms with Gasteiger partial charge in [0.1, 0.15) is 19.0 Å². The number of hydrogen-bond donors (Lipinski definition) is 2. The minimum absolute atomic E-state index is 0.280. The molecule has 2 aromatic rings. The molecule has 1 aliphatic heterocycles. The Kier molecular flexibility index (Phi) is 3.37. The third kappa shape index (κ3) is 2.50. The zero-order valence-corrected chi connectivity index (χ0v) is 11.3. The van der Waals surface area contributed by atoms with Crippen LogP contribution in [0.1, 0.15) is 11.1 Å². The smallest absolute Gasteiger partial charge is 0.166 e. The van der Waals surface area contributed by atoms with Crippen molar-refractivity contribution >= 4 is 5.69 Å². The van der Waals surface area contributed by atoms with E-state index >= 15 is 0 Å². The number of rotatable bonds is 3. The van der Waals surface area contributed by atoms with Gasteiger partial charge in [-0.05, 0) is 36.8 Å². The lowest BCUT2D eigenvalue weighted by Crippen LogP contribution is -2.17. The first-order valence-electron chi connectivity index (χ1n) is 6.65. The lowest BCUT2D eigenvalue weighted by Gasteiger charge is -2.21. The largest absolute Gasteiger partial charge is 0.508 e. The minimum atomic E-state index is 0.280. The predicted octanol–water partition coefficient (Wildman–Crippen LogP) is 3.08. The van der Waals surface area contributed by atoms with Crippen molar-refractivity contribution in [3.63, 3.8) is 0 Å². The molecular formula is C16H17NO3. The number of phenolic OH excluding ortho intramolecular Hbond substituents is 1. The Morgan fingerprint density at radius 3 is 2.85 bits per heavy atom. The molecule has 4 heteroatoms. The standard InChI is InChI=1S/C16H17NO3/c1-11-9-13(18)5-6-14(11)17-10-12-3-2-4-15-16(12)20-8-7-19-15/h2-6,9,17-18H,7-8,10H2,1H3. The Labute approximate surface area is 118 Å². The summed E-state index contributed by atoms with van der Waals surface area (Å²) < 4.78 is 11.3. The predicted molar refractivity (Wildman–Crippen MR) is 77.6 cm³/mol. The molecular weight excluding hydrogens is 254 g/mol. The van der Waals surface area contributed by atoms with E-state index in [9.17, 15) is 5.11 Å². The molecule has 2 aromatic carbocycles. The molecule has 0 fully saturated rings. The van der Waals surface area contributed by atoms with Crippen LogP contribution in [0.2, 0.25) is 0 Å². The van der Waals surface area contributed by atoms with Crippen LogP contribution in [-0.2, 0) is 6.54 Å². The first-order chi connectivity index (χ1) is 9.74. The number of aryl methyl sites for hydroxylation is 1. The summed E-state index contributed by atoms with van der Waals surface area (Å²) >= 11 is 0. The highest BCUT2D eigenvalue weighted by atomic mass is 16.6. The third-order valence-electron chi connectivity index (χ3n) is 3.33. The summed E-state index contributed by atoms with van der Waals surface area (Å²) in [7, 11) is 0. The van der Waals surface area contributed by atoms with E-state index < -0.39 is 0 Å². The van der Waals surface area contributed by atoms with E-state index in [4.69, 9.17) is 9.47 Å². The average molecular weight is 271 g/mol. The SMILES string of the molecule is Cc1cc(O)ccc1NCc1cccc2c1OCCO2. The summed E-state index contributed by atoms with van der Waals surface area (Å²) in [4.78, 5) is 0. The molecule has 104 valence electrons. The Morgan fingerprint density at radius 1 is 1.15 bits per heavy atom. The van der Waals surface area contributed by atoms with Crippen LogP contribution >= 0.6 is 0 Å². The van der Waals surface area contributed by atoms with Crippen molar-refractivity contribution in [3.8, 4) is 17.2 Å². The molecule has 0 aliphatic carbocycles. The summed E-state index contributed by atoms with van der Waals surface area (Å²) in [6.07, 6.45) is 0. The maximum Gasteiger partial charge on any atom is 0.166 e. The first-order valence-corrected chi connectivity index (χ1v) is 6.65. The van der Waals surface area contributed by atoms with E-state index in [0.29, 0.717) is 19.8 Å². The molecule has 1 heterocycles. The molecule has 0 radical (unpaired) electrons. The number of aromatic hydroxyl groups is 1. The molecule has 4 nitrogen and oxygen atoms in total. The van der Waals surface area contributed by atoms with E-state index in [2.05, 4.69) is 5.32 Å². The second-order valence-electron chi connectivity index (χ2n) is 4.79. The van der Waals surface area contributed by atoms with Crippen LogP contribution < -0.4 is 14.8 Å². The lowest BCUT2D eigenvalue weighted by atomic mass is 10.1. The van der Waals surface area contributed by atoms with Crippen molar-refractivity contribution < 1.29 is 14.6 Å². The summed E-state index contributed by atoms with van der Waals surface area (Å²) in [5.41, 5.74) is 3.07. The molecule has 0 amide bonds. The third-order valence-corrected chi connectivity index (χ3v) is 3.33. The minimum Gasteiger partial charge on any atom is -0.508 e. The zero-order valence-electron chi connectivity index (χ0n) is 11.3. The van der Waals surface area contributed by atoms with Gasteiger partial charge in [0.25, 0.3) is 0 Å². The molecule has 0 bridgehead atoms. The van der Waals surface area contributed by atoms with Crippen LogP contribution in [0.4, 0.5) is 5.69 Å². The van der Waals surface area contributed by atoms with Gasteiger partial charge in [0, 0.05) is 17.8 Å². The van der Waals surface area contributed by atoms with E-state index in [1.807, 2.05) is 31.2 Å². The fraction of sp³-hybridized carbons (Fsp3) is 0.250. The van der Waals surface area contributed by atoms with Gasteiger partial charge in [0.15, 0.2) is 11.5 Å². The second-order valence-corrected chi connectivity index (χ2v) is 4.79. The lowest BCUT2D eigenvalue weighted by molar-refractivity contribution is 0.170. The number of para-hydroxylation sites is 1. The number of fused-ring (bicyclic) bond motifs is 1. The summed E-state index contributed by atoms with van der Waals surface area (Å²) in [6, 6.07) is 11.2. The molecule has 2 N–H and O–H groups in total. The van der Waals surface area contributed by atoms with Crippen molar-refractivity contribution in [3.05, 3.63) is 47.5 Å². The Morgan fingerprint density at radius 2 is 2.00 bits per heavy atom. The summed E-state index contributed by atoms with van der Waals surface area (Å²) in [6.45, 7) is 3.80. The number of hydrogen-bond acceptors (Lipinski definition) is 4. The highest BCUT2D eigenvalue weighted by molar-refractivity contribution is 5.55. The van der Waals surface area contributed by atoms with Crippen LogP contribution in [0.3, 0.4) is 0 Å². The quantitative estimate of drug-likeness (QED) is 0.842. The molecule has 0 unspecified atom stereocenters. The van der Waals surface area contributed by atoms with E-state index in [1.165, 1.54) is 0 Å². The molecule has 0 aromatic heterocycles. The number of benzene rings is 2. The maximum atomic E-state index is 9.42. The van der Waals surface area contributed by atoms with Gasteiger partial charge < -0.3 is 19.9 Å². The Balaban J connectivity index is 1.78. The first kappa shape index (κ1) is 12.7. The van der Waals surface area contributed by atoms with Crippen molar-refractivity contribution in [1.29, 1.82) is 0 Å². The van der Waals surface area contributed by atoms with Crippen LogP contribution in [0.5, 0.6) is 17.2 Å². The van der Waals surface area contributed by atoms with Gasteiger partial charge in [-0.3, -0.25) is 0 Å². The Hall–Kier alpha value is -2.36. The number of anilines is 1. The molecule has 0 atom stereocenters. The molecule has 3 rings (SSSR count). The fourth-order valence-electron chi connectivity index (χ4n) is 2.31. The molecule has 0 spiro atoms. The molecule has 0 saturated heterocycles. The van der Waals surface area contributed by atoms with Crippen molar-refractivity contribution in [2.75, 3.05) is 18.5 Å². The molecule has 20 heavy (non-hydrogen) atoms. The van der Waals surface area contributed by atoms with Crippen molar-refractivity contribution in [2.45, 2.75) is 13.5 Å². The van der Waals surface area contributed by atoms with Crippen LogP contribution in [0.25, 0.3) is 0 Å². The number of phenols is 1. The van der Waals surface area contributed by atoms with E-state index in [1.54, 1.807) is 12.1 Å². The van der Waals surface area contributed by atoms with Gasteiger partial charge in [-0.2, -0.15) is 0 Å². The maximum absolute atomic E-state index is 9.42. The summed E-state index contributed by atoms with van der Waals surface area (Å²) in [5.74, 6) is 1.91. The van der Waals surface area contributed by atoms with E-state index in [0.717, 1.165) is 28.3 Å². The second kappa shape index (κ2) is 5.33. The van der Waals surface area contributed by atoms with Gasteiger partial charge in [0.2, 0.25) is 0 Å². The van der Waals surface area contributed by atoms with Crippen LogP contribution in [0.15, 0.2) is 36.4 Å². The van der Waals surface area contributed by atoms with Gasteiger partial charge in [-0.25, -0.2) is 0 Å². The molecule has 0 saturated carbocycles. The van der Waals surface area contributed by atoms with Crippen molar-refractivity contribution in [2.24, 2.45) is 0 Å². The van der Waals surface area contributed by atoms with Crippen LogP contribution in [0, 0.1) is 6.92 Å².